The molecule has 0 spiro atoms. The lowest BCUT2D eigenvalue weighted by Crippen LogP contribution is -2.27. The summed E-state index contributed by atoms with van der Waals surface area (Å²) in [6, 6.07) is 6.92. The van der Waals surface area contributed by atoms with Crippen LogP contribution in [0, 0.1) is 0 Å². The molecule has 0 unspecified atom stereocenters. The van der Waals surface area contributed by atoms with Gasteiger partial charge in [0.25, 0.3) is 5.91 Å². The van der Waals surface area contributed by atoms with Gasteiger partial charge in [0.1, 0.15) is 11.5 Å². The van der Waals surface area contributed by atoms with E-state index >= 15 is 0 Å². The average molecular weight is 390 g/mol. The van der Waals surface area contributed by atoms with Gasteiger partial charge in [0.05, 0.1) is 6.61 Å². The number of rotatable bonds is 16. The van der Waals surface area contributed by atoms with Crippen molar-refractivity contribution in [1.29, 1.82) is 0 Å². The maximum atomic E-state index is 11.3. The molecule has 0 atom stereocenters. The van der Waals surface area contributed by atoms with Crippen LogP contribution in [0.3, 0.4) is 0 Å². The van der Waals surface area contributed by atoms with Gasteiger partial charge < -0.3 is 15.2 Å². The molecule has 5 nitrogen and oxygen atoms in total. The molecule has 156 valence electrons. The fraction of sp³-hybridized carbons (Fsp3) is 0.565. The van der Waals surface area contributed by atoms with Gasteiger partial charge in [0, 0.05) is 19.5 Å². The molecule has 0 bridgehead atoms. The number of phenols is 1. The Labute approximate surface area is 169 Å². The minimum absolute atomic E-state index is 0.238. The Bertz CT molecular complexity index is 598. The molecular formula is C23H35NO4. The van der Waals surface area contributed by atoms with Crippen LogP contribution in [0.25, 0.3) is 0 Å². The largest absolute Gasteiger partial charge is 0.508 e. The van der Waals surface area contributed by atoms with E-state index in [1.54, 1.807) is 18.2 Å². The molecule has 0 saturated carbocycles. The number of phenolic OH excluding ortho intramolecular Hbond substituents is 1. The van der Waals surface area contributed by atoms with Crippen molar-refractivity contribution in [2.45, 2.75) is 70.6 Å². The number of carbonyl (C=O) groups is 2. The van der Waals surface area contributed by atoms with E-state index in [9.17, 15) is 14.7 Å². The molecule has 1 rings (SSSR count). The maximum absolute atomic E-state index is 11.3. The molecule has 28 heavy (non-hydrogen) atoms. The van der Waals surface area contributed by atoms with Crippen LogP contribution in [0.15, 0.2) is 36.4 Å². The van der Waals surface area contributed by atoms with Crippen molar-refractivity contribution in [2.75, 3.05) is 13.7 Å². The highest BCUT2D eigenvalue weighted by Crippen LogP contribution is 2.18. The molecule has 0 saturated heterocycles. The number of carbonyl (C=O) groups excluding carboxylic acids is 2. The van der Waals surface area contributed by atoms with Crippen molar-refractivity contribution in [1.82, 2.24) is 5.32 Å². The van der Waals surface area contributed by atoms with Crippen molar-refractivity contribution in [3.05, 3.63) is 36.4 Å². The average Bonchev–Trinajstić information content (AvgIpc) is 2.70. The molecule has 0 fully saturated rings. The number of Topliss-reactive ketones (excluding diaryl/α,β-unsaturated/α-hetero) is 1. The SMILES string of the molecule is CNC(=O)C(=O)CCCCC/C=C\CCCCCCCOc1cccc(O)c1. The van der Waals surface area contributed by atoms with E-state index in [2.05, 4.69) is 17.5 Å². The van der Waals surface area contributed by atoms with Crippen LogP contribution in [0.1, 0.15) is 70.6 Å². The number of ketones is 1. The van der Waals surface area contributed by atoms with E-state index in [1.165, 1.54) is 26.3 Å². The van der Waals surface area contributed by atoms with E-state index in [1.807, 2.05) is 6.07 Å². The molecule has 0 aliphatic carbocycles. The minimum atomic E-state index is -0.482. The number of hydrogen-bond donors (Lipinski definition) is 2. The van der Waals surface area contributed by atoms with Crippen LogP contribution >= 0.6 is 0 Å². The van der Waals surface area contributed by atoms with Crippen molar-refractivity contribution in [2.24, 2.45) is 0 Å². The van der Waals surface area contributed by atoms with Crippen LogP contribution in [-0.4, -0.2) is 30.5 Å². The number of allylic oxidation sites excluding steroid dienone is 2. The number of unbranched alkanes of at least 4 members (excludes halogenated alkanes) is 8. The van der Waals surface area contributed by atoms with Crippen LogP contribution in [0.4, 0.5) is 0 Å². The van der Waals surface area contributed by atoms with Gasteiger partial charge in [-0.2, -0.15) is 0 Å². The number of benzene rings is 1. The Morgan fingerprint density at radius 2 is 1.61 bits per heavy atom. The van der Waals surface area contributed by atoms with Crippen molar-refractivity contribution < 1.29 is 19.4 Å². The highest BCUT2D eigenvalue weighted by Gasteiger charge is 2.09. The zero-order chi connectivity index (χ0) is 20.5. The summed E-state index contributed by atoms with van der Waals surface area (Å²) in [4.78, 5) is 22.4. The monoisotopic (exact) mass is 389 g/mol. The number of aromatic hydroxyl groups is 1. The molecule has 1 aromatic rings. The smallest absolute Gasteiger partial charge is 0.287 e. The van der Waals surface area contributed by atoms with Crippen LogP contribution in [0.2, 0.25) is 0 Å². The van der Waals surface area contributed by atoms with E-state index in [4.69, 9.17) is 4.74 Å². The normalized spacial score (nSPS) is 10.9. The van der Waals surface area contributed by atoms with E-state index in [-0.39, 0.29) is 11.5 Å². The third-order valence-electron chi connectivity index (χ3n) is 4.52. The highest BCUT2D eigenvalue weighted by atomic mass is 16.5. The first kappa shape index (κ1) is 23.7. The standard InChI is InChI=1S/C23H35NO4/c1-24-23(27)22(26)17-12-10-8-6-4-2-3-5-7-9-11-13-18-28-21-16-14-15-20(25)19-21/h2,4,14-16,19,25H,3,5-13,17-18H2,1H3,(H,24,27)/b4-2-. The third-order valence-corrected chi connectivity index (χ3v) is 4.52. The summed E-state index contributed by atoms with van der Waals surface area (Å²) < 4.78 is 5.61. The van der Waals surface area contributed by atoms with Crippen molar-refractivity contribution in [3.63, 3.8) is 0 Å². The van der Waals surface area contributed by atoms with Gasteiger partial charge >= 0.3 is 0 Å². The van der Waals surface area contributed by atoms with Gasteiger partial charge in [0.2, 0.25) is 5.78 Å². The molecule has 0 aromatic heterocycles. The second-order valence-corrected chi connectivity index (χ2v) is 6.98. The molecule has 2 N–H and O–H groups in total. The van der Waals surface area contributed by atoms with Crippen molar-refractivity contribution >= 4 is 11.7 Å². The number of nitrogens with one attached hydrogen (secondary N) is 1. The Morgan fingerprint density at radius 1 is 0.964 bits per heavy atom. The van der Waals surface area contributed by atoms with E-state index < -0.39 is 5.91 Å². The lowest BCUT2D eigenvalue weighted by Gasteiger charge is -2.06. The lowest BCUT2D eigenvalue weighted by molar-refractivity contribution is -0.137. The molecule has 1 amide bonds. The fourth-order valence-corrected chi connectivity index (χ4v) is 2.87. The van der Waals surface area contributed by atoms with Crippen LogP contribution in [0.5, 0.6) is 11.5 Å². The zero-order valence-electron chi connectivity index (χ0n) is 17.1. The number of likely N-dealkylation sites (N-methyl/N-ethyl adjacent to an activating group) is 1. The fourth-order valence-electron chi connectivity index (χ4n) is 2.87. The highest BCUT2D eigenvalue weighted by molar-refractivity contribution is 6.36. The van der Waals surface area contributed by atoms with Gasteiger partial charge in [-0.3, -0.25) is 9.59 Å². The Morgan fingerprint density at radius 3 is 2.29 bits per heavy atom. The van der Waals surface area contributed by atoms with Gasteiger partial charge in [-0.25, -0.2) is 0 Å². The first-order valence-electron chi connectivity index (χ1n) is 10.4. The first-order chi connectivity index (χ1) is 13.6. The minimum Gasteiger partial charge on any atom is -0.508 e. The second kappa shape index (κ2) is 15.7. The zero-order valence-corrected chi connectivity index (χ0v) is 17.1. The predicted octanol–water partition coefficient (Wildman–Crippen LogP) is 4.93. The molecule has 0 aliphatic rings. The lowest BCUT2D eigenvalue weighted by atomic mass is 10.1. The first-order valence-corrected chi connectivity index (χ1v) is 10.4. The molecular weight excluding hydrogens is 354 g/mol. The Hall–Kier alpha value is -2.30. The summed E-state index contributed by atoms with van der Waals surface area (Å²) >= 11 is 0. The van der Waals surface area contributed by atoms with Gasteiger partial charge in [0.15, 0.2) is 0 Å². The molecule has 0 aliphatic heterocycles. The van der Waals surface area contributed by atoms with Crippen molar-refractivity contribution in [3.8, 4) is 11.5 Å². The molecule has 5 heteroatoms. The number of hydrogen-bond acceptors (Lipinski definition) is 4. The Balaban J connectivity index is 1.84. The summed E-state index contributed by atoms with van der Waals surface area (Å²) in [6.07, 6.45) is 15.7. The molecule has 1 aromatic carbocycles. The third kappa shape index (κ3) is 12.2. The molecule has 0 radical (unpaired) electrons. The van der Waals surface area contributed by atoms with Crippen LogP contribution < -0.4 is 10.1 Å². The summed E-state index contributed by atoms with van der Waals surface area (Å²) in [7, 11) is 1.48. The van der Waals surface area contributed by atoms with Gasteiger partial charge in [-0.15, -0.1) is 0 Å². The summed E-state index contributed by atoms with van der Waals surface area (Å²) in [5.74, 6) is 0.165. The predicted molar refractivity (Wildman–Crippen MR) is 113 cm³/mol. The topological polar surface area (TPSA) is 75.6 Å². The summed E-state index contributed by atoms with van der Waals surface area (Å²) in [5.41, 5.74) is 0. The van der Waals surface area contributed by atoms with E-state index in [0.717, 1.165) is 50.7 Å². The summed E-state index contributed by atoms with van der Waals surface area (Å²) in [6.45, 7) is 0.693. The van der Waals surface area contributed by atoms with Gasteiger partial charge in [-0.1, -0.05) is 43.9 Å². The number of ether oxygens (including phenoxy) is 1. The Kier molecular flexibility index (Phi) is 13.3. The maximum Gasteiger partial charge on any atom is 0.287 e. The quantitative estimate of drug-likeness (QED) is 0.239. The number of amides is 1. The molecule has 0 heterocycles. The van der Waals surface area contributed by atoms with Crippen LogP contribution in [-0.2, 0) is 9.59 Å². The summed E-state index contributed by atoms with van der Waals surface area (Å²) in [5, 5.41) is 11.7. The van der Waals surface area contributed by atoms with Gasteiger partial charge in [-0.05, 0) is 50.7 Å². The van der Waals surface area contributed by atoms with E-state index in [0.29, 0.717) is 13.0 Å². The second-order valence-electron chi connectivity index (χ2n) is 6.98.